The molecule has 0 bridgehead atoms. The Morgan fingerprint density at radius 1 is 0.528 bits per heavy atom. The van der Waals surface area contributed by atoms with Crippen molar-refractivity contribution in [1.29, 1.82) is 0 Å². The van der Waals surface area contributed by atoms with Crippen molar-refractivity contribution in [2.75, 3.05) is 0 Å². The summed E-state index contributed by atoms with van der Waals surface area (Å²) < 4.78 is 6.26. The third-order valence-corrected chi connectivity index (χ3v) is 6.59. The number of nitrogens with one attached hydrogen (secondary N) is 1. The molecular formula is C32H21N3O. The second kappa shape index (κ2) is 8.36. The van der Waals surface area contributed by atoms with Gasteiger partial charge in [0.25, 0.3) is 0 Å². The second-order valence-electron chi connectivity index (χ2n) is 8.81. The van der Waals surface area contributed by atoms with Crippen LogP contribution < -0.4 is 0 Å². The first-order valence-electron chi connectivity index (χ1n) is 11.9. The van der Waals surface area contributed by atoms with Crippen LogP contribution in [0.3, 0.4) is 0 Å². The maximum Gasteiger partial charge on any atom is 0.181 e. The highest BCUT2D eigenvalue weighted by Gasteiger charge is 2.15. The fourth-order valence-electron chi connectivity index (χ4n) is 4.79. The number of benzene rings is 5. The summed E-state index contributed by atoms with van der Waals surface area (Å²) in [5.41, 5.74) is 8.30. The van der Waals surface area contributed by atoms with Gasteiger partial charge in [-0.1, -0.05) is 103 Å². The van der Waals surface area contributed by atoms with Crippen molar-refractivity contribution in [1.82, 2.24) is 15.2 Å². The molecule has 0 amide bonds. The molecule has 2 heterocycles. The molecule has 4 nitrogen and oxygen atoms in total. The number of rotatable bonds is 4. The first-order chi connectivity index (χ1) is 17.8. The van der Waals surface area contributed by atoms with Crippen molar-refractivity contribution in [3.8, 4) is 45.0 Å². The number of H-pyrrole nitrogens is 1. The van der Waals surface area contributed by atoms with E-state index in [1.807, 2.05) is 42.5 Å². The number of hydrogen-bond acceptors (Lipinski definition) is 3. The molecule has 0 fully saturated rings. The average molecular weight is 464 g/mol. The van der Waals surface area contributed by atoms with Gasteiger partial charge < -0.3 is 4.42 Å². The first-order valence-corrected chi connectivity index (χ1v) is 11.9. The smallest absolute Gasteiger partial charge is 0.181 e. The van der Waals surface area contributed by atoms with E-state index >= 15 is 0 Å². The summed E-state index contributed by atoms with van der Waals surface area (Å²) in [5, 5.41) is 9.79. The molecule has 7 rings (SSSR count). The van der Waals surface area contributed by atoms with E-state index in [-0.39, 0.29) is 0 Å². The molecule has 0 aliphatic heterocycles. The molecule has 7 aromatic rings. The highest BCUT2D eigenvalue weighted by Crippen LogP contribution is 2.38. The van der Waals surface area contributed by atoms with Gasteiger partial charge in [-0.3, -0.25) is 5.10 Å². The quantitative estimate of drug-likeness (QED) is 0.285. The molecule has 0 aliphatic carbocycles. The highest BCUT2D eigenvalue weighted by molar-refractivity contribution is 6.12. The lowest BCUT2D eigenvalue weighted by molar-refractivity contribution is 0.669. The molecule has 0 aliphatic rings. The van der Waals surface area contributed by atoms with Gasteiger partial charge in [0.2, 0.25) is 0 Å². The van der Waals surface area contributed by atoms with E-state index in [2.05, 4.69) is 89.1 Å². The van der Waals surface area contributed by atoms with E-state index in [4.69, 9.17) is 9.40 Å². The molecule has 0 saturated heterocycles. The predicted octanol–water partition coefficient (Wildman–Crippen LogP) is 8.37. The van der Waals surface area contributed by atoms with Crippen LogP contribution in [0.2, 0.25) is 0 Å². The number of fused-ring (bicyclic) bond motifs is 3. The summed E-state index contributed by atoms with van der Waals surface area (Å²) in [7, 11) is 0. The lowest BCUT2D eigenvalue weighted by atomic mass is 9.99. The maximum absolute atomic E-state index is 6.26. The van der Waals surface area contributed by atoms with Crippen molar-refractivity contribution in [3.63, 3.8) is 0 Å². The lowest BCUT2D eigenvalue weighted by Gasteiger charge is -2.03. The standard InChI is InChI=1S/C32H21N3O/c1-3-8-21(9-4-1)22-14-16-24(17-15-22)31-33-32(35-34-31)25-18-19-27-29(20-25)36-28-13-7-12-26(30(27)28)23-10-5-2-6-11-23/h1-20H,(H,33,34,35). The average Bonchev–Trinajstić information content (AvgIpc) is 3.59. The summed E-state index contributed by atoms with van der Waals surface area (Å²) >= 11 is 0. The topological polar surface area (TPSA) is 54.7 Å². The molecular weight excluding hydrogens is 442 g/mol. The van der Waals surface area contributed by atoms with E-state index in [9.17, 15) is 0 Å². The summed E-state index contributed by atoms with van der Waals surface area (Å²) in [5.74, 6) is 1.38. The van der Waals surface area contributed by atoms with Crippen LogP contribution in [0.5, 0.6) is 0 Å². The van der Waals surface area contributed by atoms with Crippen molar-refractivity contribution in [2.45, 2.75) is 0 Å². The van der Waals surface area contributed by atoms with Crippen LogP contribution in [0.25, 0.3) is 67.0 Å². The summed E-state index contributed by atoms with van der Waals surface area (Å²) in [6.07, 6.45) is 0. The molecule has 0 unspecified atom stereocenters. The zero-order valence-electron chi connectivity index (χ0n) is 19.3. The molecule has 2 aromatic heterocycles. The first kappa shape index (κ1) is 20.4. The number of hydrogen-bond donors (Lipinski definition) is 1. The number of nitrogens with zero attached hydrogens (tertiary/aromatic N) is 2. The molecule has 4 heteroatoms. The third kappa shape index (κ3) is 3.48. The summed E-state index contributed by atoms with van der Waals surface area (Å²) in [6, 6.07) is 41.5. The molecule has 0 spiro atoms. The van der Waals surface area contributed by atoms with Crippen LogP contribution in [-0.2, 0) is 0 Å². The van der Waals surface area contributed by atoms with Crippen LogP contribution in [0.15, 0.2) is 126 Å². The predicted molar refractivity (Wildman–Crippen MR) is 145 cm³/mol. The normalized spacial score (nSPS) is 11.3. The Morgan fingerprint density at radius 2 is 1.19 bits per heavy atom. The van der Waals surface area contributed by atoms with Gasteiger partial charge in [-0.15, -0.1) is 0 Å². The molecule has 36 heavy (non-hydrogen) atoms. The Labute approximate surface area is 207 Å². The van der Waals surface area contributed by atoms with Crippen LogP contribution in [0.4, 0.5) is 0 Å². The van der Waals surface area contributed by atoms with E-state index in [0.717, 1.165) is 38.9 Å². The summed E-state index contributed by atoms with van der Waals surface area (Å²) in [6.45, 7) is 0. The van der Waals surface area contributed by atoms with E-state index in [0.29, 0.717) is 5.82 Å². The van der Waals surface area contributed by atoms with E-state index < -0.39 is 0 Å². The monoisotopic (exact) mass is 463 g/mol. The molecule has 5 aromatic carbocycles. The van der Waals surface area contributed by atoms with Crippen molar-refractivity contribution in [3.05, 3.63) is 121 Å². The number of aromatic nitrogens is 3. The van der Waals surface area contributed by atoms with Crippen LogP contribution in [0.1, 0.15) is 0 Å². The Balaban J connectivity index is 1.24. The lowest BCUT2D eigenvalue weighted by Crippen LogP contribution is -1.83. The van der Waals surface area contributed by atoms with Gasteiger partial charge in [-0.05, 0) is 40.5 Å². The summed E-state index contributed by atoms with van der Waals surface area (Å²) in [4.78, 5) is 4.77. The largest absolute Gasteiger partial charge is 0.456 e. The van der Waals surface area contributed by atoms with Gasteiger partial charge in [-0.2, -0.15) is 5.10 Å². The van der Waals surface area contributed by atoms with E-state index in [1.165, 1.54) is 22.3 Å². The minimum atomic E-state index is 0.641. The van der Waals surface area contributed by atoms with Crippen LogP contribution in [0, 0.1) is 0 Å². The maximum atomic E-state index is 6.26. The molecule has 170 valence electrons. The second-order valence-corrected chi connectivity index (χ2v) is 8.81. The SMILES string of the molecule is c1ccc(-c2ccc(-c3nc(-c4ccc5c(c4)oc4cccc(-c6ccccc6)c45)n[nH]3)cc2)cc1. The zero-order valence-corrected chi connectivity index (χ0v) is 19.3. The fraction of sp³-hybridized carbons (Fsp3) is 0. The van der Waals surface area contributed by atoms with Gasteiger partial charge in [0, 0.05) is 21.9 Å². The fourth-order valence-corrected chi connectivity index (χ4v) is 4.79. The zero-order chi connectivity index (χ0) is 23.9. The van der Waals surface area contributed by atoms with Gasteiger partial charge in [0.05, 0.1) is 0 Å². The van der Waals surface area contributed by atoms with Gasteiger partial charge >= 0.3 is 0 Å². The van der Waals surface area contributed by atoms with Crippen LogP contribution in [-0.4, -0.2) is 15.2 Å². The van der Waals surface area contributed by atoms with Gasteiger partial charge in [0.1, 0.15) is 11.2 Å². The third-order valence-electron chi connectivity index (χ3n) is 6.59. The molecule has 0 saturated carbocycles. The molecule has 1 N–H and O–H groups in total. The van der Waals surface area contributed by atoms with Crippen molar-refractivity contribution < 1.29 is 4.42 Å². The Morgan fingerprint density at radius 3 is 1.97 bits per heavy atom. The Kier molecular flexibility index (Phi) is 4.74. The number of aromatic amines is 1. The van der Waals surface area contributed by atoms with Crippen molar-refractivity contribution in [2.24, 2.45) is 0 Å². The Bertz CT molecular complexity index is 1820. The molecule has 0 radical (unpaired) electrons. The minimum absolute atomic E-state index is 0.641. The minimum Gasteiger partial charge on any atom is -0.456 e. The molecule has 0 atom stereocenters. The number of furan rings is 1. The highest BCUT2D eigenvalue weighted by atomic mass is 16.3. The van der Waals surface area contributed by atoms with Gasteiger partial charge in [0.15, 0.2) is 11.6 Å². The van der Waals surface area contributed by atoms with E-state index in [1.54, 1.807) is 0 Å². The Hall–Kier alpha value is -4.96. The van der Waals surface area contributed by atoms with Crippen molar-refractivity contribution >= 4 is 21.9 Å². The van der Waals surface area contributed by atoms with Gasteiger partial charge in [-0.25, -0.2) is 4.98 Å². The van der Waals surface area contributed by atoms with Crippen LogP contribution >= 0.6 is 0 Å².